The highest BCUT2D eigenvalue weighted by atomic mass is 19.3. The molecule has 5 nitrogen and oxygen atoms in total. The van der Waals surface area contributed by atoms with Crippen LogP contribution in [0.4, 0.5) is 8.78 Å². The fourth-order valence-corrected chi connectivity index (χ4v) is 2.83. The van der Waals surface area contributed by atoms with Crippen LogP contribution < -0.4 is 10.1 Å². The van der Waals surface area contributed by atoms with E-state index in [1.165, 1.54) is 12.1 Å². The monoisotopic (exact) mass is 334 g/mol. The van der Waals surface area contributed by atoms with Crippen molar-refractivity contribution in [2.45, 2.75) is 43.8 Å². The standard InChI is InChI=1S/C17H16F2N2O3/c18-17(19)23-11-5-3-9(4-6-11)12-7-14(12)20-16(22)15-8-13(21-24-15)10-1-2-10/h3-6,8,10,12,14,17H,1-2,7H2,(H,20,22)/t12-,14+/m0/s1. The first-order chi connectivity index (χ1) is 11.6. The van der Waals surface area contributed by atoms with E-state index in [0.29, 0.717) is 5.92 Å². The molecule has 2 aliphatic carbocycles. The molecule has 2 atom stereocenters. The number of benzene rings is 1. The Morgan fingerprint density at radius 1 is 1.29 bits per heavy atom. The van der Waals surface area contributed by atoms with Crippen molar-refractivity contribution in [3.63, 3.8) is 0 Å². The van der Waals surface area contributed by atoms with Crippen LogP contribution in [0.3, 0.4) is 0 Å². The third-order valence-corrected chi connectivity index (χ3v) is 4.39. The normalized spacial score (nSPS) is 22.5. The second kappa shape index (κ2) is 5.89. The van der Waals surface area contributed by atoms with Crippen molar-refractivity contribution in [1.29, 1.82) is 0 Å². The molecule has 0 radical (unpaired) electrons. The number of hydrogen-bond donors (Lipinski definition) is 1. The van der Waals surface area contributed by atoms with Crippen LogP contribution in [-0.4, -0.2) is 23.7 Å². The maximum Gasteiger partial charge on any atom is 0.387 e. The highest BCUT2D eigenvalue weighted by Crippen LogP contribution is 2.42. The number of nitrogens with one attached hydrogen (secondary N) is 1. The topological polar surface area (TPSA) is 64.4 Å². The molecule has 1 heterocycles. The lowest BCUT2D eigenvalue weighted by molar-refractivity contribution is -0.0498. The SMILES string of the molecule is O=C(N[C@@H]1C[C@H]1c1ccc(OC(F)F)cc1)c1cc(C2CC2)no1. The van der Waals surface area contributed by atoms with Crippen molar-refractivity contribution in [2.24, 2.45) is 0 Å². The van der Waals surface area contributed by atoms with E-state index in [1.54, 1.807) is 18.2 Å². The van der Waals surface area contributed by atoms with Gasteiger partial charge in [0.2, 0.25) is 5.76 Å². The van der Waals surface area contributed by atoms with E-state index in [0.717, 1.165) is 30.5 Å². The molecular formula is C17H16F2N2O3. The first-order valence-corrected chi connectivity index (χ1v) is 7.92. The molecule has 0 unspecified atom stereocenters. The zero-order valence-electron chi connectivity index (χ0n) is 12.7. The van der Waals surface area contributed by atoms with Gasteiger partial charge in [0, 0.05) is 23.9 Å². The summed E-state index contributed by atoms with van der Waals surface area (Å²) in [6.45, 7) is -2.83. The van der Waals surface area contributed by atoms with Gasteiger partial charge in [-0.1, -0.05) is 17.3 Å². The van der Waals surface area contributed by atoms with E-state index >= 15 is 0 Å². The Labute approximate surface area is 137 Å². The van der Waals surface area contributed by atoms with Gasteiger partial charge in [-0.25, -0.2) is 0 Å². The fraction of sp³-hybridized carbons (Fsp3) is 0.412. The molecule has 1 aromatic carbocycles. The summed E-state index contributed by atoms with van der Waals surface area (Å²) in [5.41, 5.74) is 1.83. The Balaban J connectivity index is 1.33. The van der Waals surface area contributed by atoms with Crippen LogP contribution in [0, 0.1) is 0 Å². The van der Waals surface area contributed by atoms with Gasteiger partial charge in [0.1, 0.15) is 5.75 Å². The lowest BCUT2D eigenvalue weighted by Gasteiger charge is -2.06. The lowest BCUT2D eigenvalue weighted by atomic mass is 10.1. The van der Waals surface area contributed by atoms with Crippen molar-refractivity contribution >= 4 is 5.91 Å². The van der Waals surface area contributed by atoms with E-state index in [4.69, 9.17) is 4.52 Å². The highest BCUT2D eigenvalue weighted by Gasteiger charge is 2.40. The number of carbonyl (C=O) groups excluding carboxylic acids is 1. The molecular weight excluding hydrogens is 318 g/mol. The number of aromatic nitrogens is 1. The third-order valence-electron chi connectivity index (χ3n) is 4.39. The third kappa shape index (κ3) is 3.25. The van der Waals surface area contributed by atoms with Gasteiger partial charge in [-0.05, 0) is 37.0 Å². The van der Waals surface area contributed by atoms with Gasteiger partial charge in [-0.3, -0.25) is 4.79 Å². The lowest BCUT2D eigenvalue weighted by Crippen LogP contribution is -2.26. The van der Waals surface area contributed by atoms with Crippen LogP contribution >= 0.6 is 0 Å². The minimum atomic E-state index is -2.83. The minimum absolute atomic E-state index is 0.0221. The van der Waals surface area contributed by atoms with E-state index in [1.807, 2.05) is 0 Å². The molecule has 1 aromatic heterocycles. The molecule has 2 aliphatic rings. The van der Waals surface area contributed by atoms with Gasteiger partial charge in [-0.15, -0.1) is 0 Å². The van der Waals surface area contributed by atoms with Gasteiger partial charge >= 0.3 is 6.61 Å². The van der Waals surface area contributed by atoms with Crippen LogP contribution in [0.15, 0.2) is 34.9 Å². The Hall–Kier alpha value is -2.44. The molecule has 2 fully saturated rings. The molecule has 126 valence electrons. The smallest absolute Gasteiger partial charge is 0.387 e. The van der Waals surface area contributed by atoms with Crippen molar-refractivity contribution in [2.75, 3.05) is 0 Å². The predicted octanol–water partition coefficient (Wildman–Crippen LogP) is 3.44. The van der Waals surface area contributed by atoms with E-state index in [2.05, 4.69) is 15.2 Å². The van der Waals surface area contributed by atoms with Crippen molar-refractivity contribution in [1.82, 2.24) is 10.5 Å². The van der Waals surface area contributed by atoms with Gasteiger partial charge < -0.3 is 14.6 Å². The van der Waals surface area contributed by atoms with E-state index < -0.39 is 6.61 Å². The minimum Gasteiger partial charge on any atom is -0.435 e. The van der Waals surface area contributed by atoms with E-state index in [-0.39, 0.29) is 29.4 Å². The van der Waals surface area contributed by atoms with E-state index in [9.17, 15) is 13.6 Å². The summed E-state index contributed by atoms with van der Waals surface area (Å²) >= 11 is 0. The summed E-state index contributed by atoms with van der Waals surface area (Å²) < 4.78 is 33.7. The number of hydrogen-bond acceptors (Lipinski definition) is 4. The van der Waals surface area contributed by atoms with Crippen molar-refractivity contribution < 1.29 is 22.8 Å². The van der Waals surface area contributed by atoms with Crippen LogP contribution in [-0.2, 0) is 0 Å². The number of alkyl halides is 2. The van der Waals surface area contributed by atoms with Gasteiger partial charge in [0.25, 0.3) is 5.91 Å². The second-order valence-electron chi connectivity index (χ2n) is 6.26. The number of nitrogens with zero attached hydrogens (tertiary/aromatic N) is 1. The zero-order chi connectivity index (χ0) is 16.7. The molecule has 1 N–H and O–H groups in total. The molecule has 0 aliphatic heterocycles. The second-order valence-corrected chi connectivity index (χ2v) is 6.26. The summed E-state index contributed by atoms with van der Waals surface area (Å²) in [4.78, 5) is 12.2. The fourth-order valence-electron chi connectivity index (χ4n) is 2.83. The largest absolute Gasteiger partial charge is 0.435 e. The van der Waals surface area contributed by atoms with Crippen molar-refractivity contribution in [3.8, 4) is 5.75 Å². The summed E-state index contributed by atoms with van der Waals surface area (Å²) in [7, 11) is 0. The molecule has 0 spiro atoms. The molecule has 2 saturated carbocycles. The molecule has 0 bridgehead atoms. The number of ether oxygens (including phenoxy) is 1. The Morgan fingerprint density at radius 3 is 2.71 bits per heavy atom. The van der Waals surface area contributed by atoms with Crippen LogP contribution in [0.1, 0.15) is 52.9 Å². The predicted molar refractivity (Wildman–Crippen MR) is 80.2 cm³/mol. The molecule has 2 aromatic rings. The summed E-state index contributed by atoms with van der Waals surface area (Å²) in [5.74, 6) is 0.727. The number of carbonyl (C=O) groups is 1. The molecule has 7 heteroatoms. The first-order valence-electron chi connectivity index (χ1n) is 7.92. The summed E-state index contributed by atoms with van der Waals surface area (Å²) in [5, 5.41) is 6.84. The molecule has 1 amide bonds. The van der Waals surface area contributed by atoms with Crippen LogP contribution in [0.5, 0.6) is 5.75 Å². The number of rotatable bonds is 6. The molecule has 0 saturated heterocycles. The Bertz CT molecular complexity index is 741. The Morgan fingerprint density at radius 2 is 2.04 bits per heavy atom. The Kier molecular flexibility index (Phi) is 3.70. The maximum atomic E-state index is 12.2. The molecule has 4 rings (SSSR count). The van der Waals surface area contributed by atoms with Crippen molar-refractivity contribution in [3.05, 3.63) is 47.3 Å². The van der Waals surface area contributed by atoms with Gasteiger partial charge in [0.15, 0.2) is 0 Å². The van der Waals surface area contributed by atoms with Gasteiger partial charge in [0.05, 0.1) is 5.69 Å². The highest BCUT2D eigenvalue weighted by molar-refractivity contribution is 5.92. The first kappa shape index (κ1) is 15.1. The maximum absolute atomic E-state index is 12.2. The van der Waals surface area contributed by atoms with Gasteiger partial charge in [-0.2, -0.15) is 8.78 Å². The van der Waals surface area contributed by atoms with Crippen LogP contribution in [0.25, 0.3) is 0 Å². The number of amides is 1. The quantitative estimate of drug-likeness (QED) is 0.879. The number of halogens is 2. The summed E-state index contributed by atoms with van der Waals surface area (Å²) in [6, 6.07) is 8.24. The van der Waals surface area contributed by atoms with Crippen LogP contribution in [0.2, 0.25) is 0 Å². The zero-order valence-corrected chi connectivity index (χ0v) is 12.7. The molecule has 24 heavy (non-hydrogen) atoms. The average molecular weight is 334 g/mol. The average Bonchev–Trinajstić information content (AvgIpc) is 3.47. The summed E-state index contributed by atoms with van der Waals surface area (Å²) in [6.07, 6.45) is 3.01.